The van der Waals surface area contributed by atoms with Crippen molar-refractivity contribution < 1.29 is 17.9 Å². The Balaban J connectivity index is 2.55. The molecule has 2 rings (SSSR count). The summed E-state index contributed by atoms with van der Waals surface area (Å²) in [6, 6.07) is 5.61. The highest BCUT2D eigenvalue weighted by molar-refractivity contribution is 7.89. The number of nitrogens with one attached hydrogen (secondary N) is 1. The number of aromatic nitrogens is 1. The molecule has 7 heteroatoms. The molecule has 1 aromatic heterocycles. The van der Waals surface area contributed by atoms with Gasteiger partial charge in [-0.2, -0.15) is 4.72 Å². The highest BCUT2D eigenvalue weighted by Crippen LogP contribution is 2.27. The lowest BCUT2D eigenvalue weighted by molar-refractivity contribution is -0.145. The van der Waals surface area contributed by atoms with Crippen LogP contribution < -0.4 is 4.72 Å². The molecule has 0 bridgehead atoms. The number of rotatable bonds is 4. The summed E-state index contributed by atoms with van der Waals surface area (Å²) in [5.41, 5.74) is 0.856. The molecular formula is C17H22N2O4S. The highest BCUT2D eigenvalue weighted by atomic mass is 32.2. The SMILES string of the molecule is COC(=O)C(NS(=O)(=O)c1ccc(C)c2ncccc12)C(C)(C)C. The van der Waals surface area contributed by atoms with Crippen molar-refractivity contribution in [1.82, 2.24) is 9.71 Å². The molecule has 0 spiro atoms. The molecule has 0 radical (unpaired) electrons. The van der Waals surface area contributed by atoms with Crippen LogP contribution in [0.4, 0.5) is 0 Å². The van der Waals surface area contributed by atoms with Gasteiger partial charge >= 0.3 is 5.97 Å². The van der Waals surface area contributed by atoms with Crippen LogP contribution in [0.5, 0.6) is 0 Å². The van der Waals surface area contributed by atoms with Gasteiger partial charge in [-0.15, -0.1) is 0 Å². The number of hydrogen-bond acceptors (Lipinski definition) is 5. The van der Waals surface area contributed by atoms with Crippen LogP contribution in [0, 0.1) is 12.3 Å². The first-order chi connectivity index (χ1) is 11.1. The lowest BCUT2D eigenvalue weighted by atomic mass is 9.87. The minimum absolute atomic E-state index is 0.0920. The van der Waals surface area contributed by atoms with Crippen molar-refractivity contribution in [2.24, 2.45) is 5.41 Å². The van der Waals surface area contributed by atoms with Gasteiger partial charge in [0.25, 0.3) is 0 Å². The number of sulfonamides is 1. The van der Waals surface area contributed by atoms with E-state index in [9.17, 15) is 13.2 Å². The van der Waals surface area contributed by atoms with Gasteiger partial charge in [-0.05, 0) is 36.1 Å². The largest absolute Gasteiger partial charge is 0.468 e. The van der Waals surface area contributed by atoms with E-state index >= 15 is 0 Å². The van der Waals surface area contributed by atoms with Gasteiger partial charge < -0.3 is 4.74 Å². The Kier molecular flexibility index (Phi) is 4.96. The number of nitrogens with zero attached hydrogens (tertiary/aromatic N) is 1. The zero-order valence-corrected chi connectivity index (χ0v) is 15.3. The third-order valence-electron chi connectivity index (χ3n) is 3.80. The van der Waals surface area contributed by atoms with Gasteiger partial charge in [0.1, 0.15) is 6.04 Å². The van der Waals surface area contributed by atoms with E-state index in [1.54, 1.807) is 45.2 Å². The van der Waals surface area contributed by atoms with Crippen LogP contribution in [0.25, 0.3) is 10.9 Å². The maximum atomic E-state index is 12.9. The van der Waals surface area contributed by atoms with Crippen molar-refractivity contribution in [3.05, 3.63) is 36.0 Å². The summed E-state index contributed by atoms with van der Waals surface area (Å²) < 4.78 is 33.0. The summed E-state index contributed by atoms with van der Waals surface area (Å²) in [5, 5.41) is 0.516. The van der Waals surface area contributed by atoms with E-state index in [1.807, 2.05) is 6.92 Å². The van der Waals surface area contributed by atoms with Crippen molar-refractivity contribution in [2.45, 2.75) is 38.6 Å². The number of carbonyl (C=O) groups excluding carboxylic acids is 1. The summed E-state index contributed by atoms with van der Waals surface area (Å²) in [6.45, 7) is 7.18. The average molecular weight is 350 g/mol. The predicted molar refractivity (Wildman–Crippen MR) is 92.1 cm³/mol. The summed E-state index contributed by atoms with van der Waals surface area (Å²) in [4.78, 5) is 16.4. The fourth-order valence-corrected chi connectivity index (χ4v) is 4.03. The minimum atomic E-state index is -3.93. The molecule has 0 fully saturated rings. The molecule has 1 unspecified atom stereocenters. The molecule has 1 N–H and O–H groups in total. The highest BCUT2D eigenvalue weighted by Gasteiger charge is 2.36. The second-order valence-electron chi connectivity index (χ2n) is 6.72. The first-order valence-corrected chi connectivity index (χ1v) is 9.01. The van der Waals surface area contributed by atoms with Crippen LogP contribution in [-0.2, 0) is 19.6 Å². The molecule has 6 nitrogen and oxygen atoms in total. The number of pyridine rings is 1. The van der Waals surface area contributed by atoms with E-state index in [0.717, 1.165) is 5.56 Å². The maximum Gasteiger partial charge on any atom is 0.324 e. The molecule has 130 valence electrons. The van der Waals surface area contributed by atoms with E-state index in [4.69, 9.17) is 4.74 Å². The quantitative estimate of drug-likeness (QED) is 0.856. The molecule has 0 saturated carbocycles. The number of esters is 1. The van der Waals surface area contributed by atoms with Gasteiger partial charge in [-0.3, -0.25) is 9.78 Å². The smallest absolute Gasteiger partial charge is 0.324 e. The molecule has 0 aliphatic rings. The van der Waals surface area contributed by atoms with E-state index < -0.39 is 27.4 Å². The first-order valence-electron chi connectivity index (χ1n) is 7.52. The third kappa shape index (κ3) is 3.57. The molecule has 1 aromatic carbocycles. The Morgan fingerprint density at radius 1 is 1.25 bits per heavy atom. The molecule has 1 heterocycles. The summed E-state index contributed by atoms with van der Waals surface area (Å²) >= 11 is 0. The monoisotopic (exact) mass is 350 g/mol. The van der Waals surface area contributed by atoms with Crippen LogP contribution >= 0.6 is 0 Å². The Morgan fingerprint density at radius 3 is 2.50 bits per heavy atom. The second kappa shape index (κ2) is 6.49. The van der Waals surface area contributed by atoms with Gasteiger partial charge in [-0.1, -0.05) is 26.8 Å². The lowest BCUT2D eigenvalue weighted by Gasteiger charge is -2.29. The molecule has 0 aliphatic heterocycles. The van der Waals surface area contributed by atoms with Crippen molar-refractivity contribution in [3.63, 3.8) is 0 Å². The normalized spacial score (nSPS) is 13.7. The number of methoxy groups -OCH3 is 1. The van der Waals surface area contributed by atoms with E-state index in [-0.39, 0.29) is 4.90 Å². The number of fused-ring (bicyclic) bond motifs is 1. The number of carbonyl (C=O) groups is 1. The average Bonchev–Trinajstić information content (AvgIpc) is 2.51. The molecular weight excluding hydrogens is 328 g/mol. The van der Waals surface area contributed by atoms with Crippen LogP contribution in [0.3, 0.4) is 0 Å². The van der Waals surface area contributed by atoms with Crippen LogP contribution in [0.2, 0.25) is 0 Å². The van der Waals surface area contributed by atoms with Gasteiger partial charge in [0.15, 0.2) is 0 Å². The molecule has 2 aromatic rings. The zero-order valence-electron chi connectivity index (χ0n) is 14.5. The van der Waals surface area contributed by atoms with E-state index in [2.05, 4.69) is 9.71 Å². The van der Waals surface area contributed by atoms with Crippen LogP contribution in [0.15, 0.2) is 35.4 Å². The topological polar surface area (TPSA) is 85.4 Å². The minimum Gasteiger partial charge on any atom is -0.468 e. The Labute approximate surface area is 142 Å². The molecule has 0 amide bonds. The van der Waals surface area contributed by atoms with Crippen LogP contribution in [-0.4, -0.2) is 32.5 Å². The zero-order chi connectivity index (χ0) is 18.1. The fraction of sp³-hybridized carbons (Fsp3) is 0.412. The summed E-state index contributed by atoms with van der Waals surface area (Å²) in [5.74, 6) is -0.624. The van der Waals surface area contributed by atoms with Crippen molar-refractivity contribution >= 4 is 26.9 Å². The molecule has 0 aliphatic carbocycles. The molecule has 1 atom stereocenters. The molecule has 0 saturated heterocycles. The third-order valence-corrected chi connectivity index (χ3v) is 5.28. The predicted octanol–water partition coefficient (Wildman–Crippen LogP) is 2.41. The van der Waals surface area contributed by atoms with Gasteiger partial charge in [-0.25, -0.2) is 8.42 Å². The number of benzene rings is 1. The van der Waals surface area contributed by atoms with Crippen LogP contribution in [0.1, 0.15) is 26.3 Å². The number of ether oxygens (including phenoxy) is 1. The number of hydrogen-bond donors (Lipinski definition) is 1. The van der Waals surface area contributed by atoms with E-state index in [1.165, 1.54) is 13.2 Å². The van der Waals surface area contributed by atoms with Crippen molar-refractivity contribution in [1.29, 1.82) is 0 Å². The van der Waals surface area contributed by atoms with Gasteiger partial charge in [0.2, 0.25) is 10.0 Å². The first kappa shape index (κ1) is 18.4. The second-order valence-corrected chi connectivity index (χ2v) is 8.41. The van der Waals surface area contributed by atoms with Crippen molar-refractivity contribution in [3.8, 4) is 0 Å². The fourth-order valence-electron chi connectivity index (χ4n) is 2.44. The van der Waals surface area contributed by atoms with Crippen molar-refractivity contribution in [2.75, 3.05) is 7.11 Å². The van der Waals surface area contributed by atoms with Gasteiger partial charge in [0, 0.05) is 11.6 Å². The number of aryl methyl sites for hydroxylation is 1. The Hall–Kier alpha value is -1.99. The van der Waals surface area contributed by atoms with E-state index in [0.29, 0.717) is 10.9 Å². The maximum absolute atomic E-state index is 12.9. The standard InChI is InChI=1S/C17H22N2O4S/c1-11-8-9-13(12-7-6-10-18-14(11)12)24(21,22)19-15(16(20)23-5)17(2,3)4/h6-10,15,19H,1-5H3. The van der Waals surface area contributed by atoms with Gasteiger partial charge in [0.05, 0.1) is 17.5 Å². The molecule has 24 heavy (non-hydrogen) atoms. The lowest BCUT2D eigenvalue weighted by Crippen LogP contribution is -2.49. The Bertz CT molecular complexity index is 870. The Morgan fingerprint density at radius 2 is 1.92 bits per heavy atom. The summed E-state index contributed by atoms with van der Waals surface area (Å²) in [7, 11) is -2.70. The summed E-state index contributed by atoms with van der Waals surface area (Å²) in [6.07, 6.45) is 1.62.